The Kier molecular flexibility index (Phi) is 6.72. The first kappa shape index (κ1) is 14.9. The van der Waals surface area contributed by atoms with Crippen LogP contribution in [-0.4, -0.2) is 41.5 Å². The van der Waals surface area contributed by atoms with Crippen molar-refractivity contribution in [3.8, 4) is 0 Å². The number of aliphatic carboxylic acids is 1. The third-order valence-corrected chi connectivity index (χ3v) is 2.51. The second kappa shape index (κ2) is 7.22. The highest BCUT2D eigenvalue weighted by Crippen LogP contribution is 2.13. The van der Waals surface area contributed by atoms with E-state index in [2.05, 4.69) is 0 Å². The van der Waals surface area contributed by atoms with E-state index in [1.807, 2.05) is 20.8 Å². The van der Waals surface area contributed by atoms with E-state index in [0.717, 1.165) is 6.42 Å². The normalized spacial score (nSPS) is 12.6. The maximum atomic E-state index is 12.0. The van der Waals surface area contributed by atoms with Crippen molar-refractivity contribution in [1.29, 1.82) is 0 Å². The molecule has 3 N–H and O–H groups in total. The molecule has 0 rings (SSSR count). The van der Waals surface area contributed by atoms with Gasteiger partial charge in [0.1, 0.15) is 6.54 Å². The fraction of sp³-hybridized carbons (Fsp3) is 0.818. The summed E-state index contributed by atoms with van der Waals surface area (Å²) in [4.78, 5) is 24.0. The smallest absolute Gasteiger partial charge is 0.323 e. The summed E-state index contributed by atoms with van der Waals surface area (Å²) in [5.41, 5.74) is 5.54. The fourth-order valence-corrected chi connectivity index (χ4v) is 1.59. The van der Waals surface area contributed by atoms with Crippen LogP contribution < -0.4 is 5.73 Å². The molecule has 16 heavy (non-hydrogen) atoms. The molecule has 0 aromatic heterocycles. The lowest BCUT2D eigenvalue weighted by atomic mass is 9.94. The van der Waals surface area contributed by atoms with Gasteiger partial charge in [0.15, 0.2) is 0 Å². The minimum Gasteiger partial charge on any atom is -0.480 e. The van der Waals surface area contributed by atoms with Crippen molar-refractivity contribution >= 4 is 11.9 Å². The second-order valence-electron chi connectivity index (χ2n) is 4.24. The van der Waals surface area contributed by atoms with Crippen molar-refractivity contribution in [2.45, 2.75) is 27.2 Å². The molecule has 0 aromatic carbocycles. The largest absolute Gasteiger partial charge is 0.480 e. The lowest BCUT2D eigenvalue weighted by molar-refractivity contribution is -0.146. The third kappa shape index (κ3) is 4.61. The van der Waals surface area contributed by atoms with Gasteiger partial charge in [-0.3, -0.25) is 9.59 Å². The zero-order chi connectivity index (χ0) is 12.7. The Morgan fingerprint density at radius 2 is 1.94 bits per heavy atom. The average Bonchev–Trinajstić information content (AvgIpc) is 2.16. The molecule has 0 aliphatic carbocycles. The summed E-state index contributed by atoms with van der Waals surface area (Å²) < 4.78 is 0. The second-order valence-corrected chi connectivity index (χ2v) is 4.24. The molecule has 0 bridgehead atoms. The van der Waals surface area contributed by atoms with Crippen LogP contribution in [0.1, 0.15) is 27.2 Å². The summed E-state index contributed by atoms with van der Waals surface area (Å²) in [5, 5.41) is 8.73. The van der Waals surface area contributed by atoms with Gasteiger partial charge in [-0.25, -0.2) is 0 Å². The molecule has 0 saturated carbocycles. The fourth-order valence-electron chi connectivity index (χ4n) is 1.59. The molecule has 0 aliphatic rings. The SMILES string of the molecule is CCCN(CC(=O)O)C(=O)C(CN)C(C)C. The number of carboxylic acids is 1. The molecule has 0 aromatic rings. The minimum absolute atomic E-state index is 0.130. The third-order valence-electron chi connectivity index (χ3n) is 2.51. The van der Waals surface area contributed by atoms with Gasteiger partial charge >= 0.3 is 5.97 Å². The topological polar surface area (TPSA) is 83.6 Å². The van der Waals surface area contributed by atoms with E-state index in [1.54, 1.807) is 0 Å². The highest BCUT2D eigenvalue weighted by atomic mass is 16.4. The summed E-state index contributed by atoms with van der Waals surface area (Å²) in [7, 11) is 0. The number of hydrogen-bond donors (Lipinski definition) is 2. The summed E-state index contributed by atoms with van der Waals surface area (Å²) >= 11 is 0. The van der Waals surface area contributed by atoms with Crippen molar-refractivity contribution in [2.75, 3.05) is 19.6 Å². The van der Waals surface area contributed by atoms with E-state index in [0.29, 0.717) is 6.54 Å². The van der Waals surface area contributed by atoms with Gasteiger partial charge in [-0.05, 0) is 12.3 Å². The molecule has 1 unspecified atom stereocenters. The van der Waals surface area contributed by atoms with E-state index in [4.69, 9.17) is 10.8 Å². The van der Waals surface area contributed by atoms with Crippen LogP contribution >= 0.6 is 0 Å². The number of nitrogens with two attached hydrogens (primary N) is 1. The molecular formula is C11H22N2O3. The first-order valence-corrected chi connectivity index (χ1v) is 5.64. The zero-order valence-corrected chi connectivity index (χ0v) is 10.3. The van der Waals surface area contributed by atoms with Gasteiger partial charge in [-0.1, -0.05) is 20.8 Å². The first-order chi connectivity index (χ1) is 7.43. The number of nitrogens with zero attached hydrogens (tertiary/aromatic N) is 1. The summed E-state index contributed by atoms with van der Waals surface area (Å²) in [6, 6.07) is 0. The Bertz CT molecular complexity index is 241. The number of carbonyl (C=O) groups is 2. The number of carbonyl (C=O) groups excluding carboxylic acids is 1. The maximum absolute atomic E-state index is 12.0. The van der Waals surface area contributed by atoms with Crippen LogP contribution in [0.4, 0.5) is 0 Å². The van der Waals surface area contributed by atoms with Gasteiger partial charge < -0.3 is 15.7 Å². The van der Waals surface area contributed by atoms with Crippen molar-refractivity contribution in [2.24, 2.45) is 17.6 Å². The average molecular weight is 230 g/mol. The van der Waals surface area contributed by atoms with Crippen molar-refractivity contribution in [3.63, 3.8) is 0 Å². The van der Waals surface area contributed by atoms with Gasteiger partial charge in [0, 0.05) is 13.1 Å². The lowest BCUT2D eigenvalue weighted by Gasteiger charge is -2.27. The van der Waals surface area contributed by atoms with Gasteiger partial charge in [-0.2, -0.15) is 0 Å². The maximum Gasteiger partial charge on any atom is 0.323 e. The van der Waals surface area contributed by atoms with Crippen LogP contribution in [0.25, 0.3) is 0 Å². The van der Waals surface area contributed by atoms with E-state index in [-0.39, 0.29) is 30.8 Å². The van der Waals surface area contributed by atoms with Crippen LogP contribution in [0.15, 0.2) is 0 Å². The van der Waals surface area contributed by atoms with Crippen LogP contribution in [0.5, 0.6) is 0 Å². The number of amides is 1. The molecule has 5 nitrogen and oxygen atoms in total. The molecule has 0 fully saturated rings. The predicted octanol–water partition coefficient (Wildman–Crippen LogP) is 0.540. The monoisotopic (exact) mass is 230 g/mol. The summed E-state index contributed by atoms with van der Waals surface area (Å²) in [6.07, 6.45) is 0.744. The molecule has 1 amide bonds. The Morgan fingerprint density at radius 1 is 1.38 bits per heavy atom. The van der Waals surface area contributed by atoms with Gasteiger partial charge in [-0.15, -0.1) is 0 Å². The molecule has 0 spiro atoms. The Hall–Kier alpha value is -1.10. The van der Waals surface area contributed by atoms with Crippen LogP contribution in [-0.2, 0) is 9.59 Å². The van der Waals surface area contributed by atoms with Crippen LogP contribution in [0, 0.1) is 11.8 Å². The van der Waals surface area contributed by atoms with Crippen molar-refractivity contribution in [3.05, 3.63) is 0 Å². The van der Waals surface area contributed by atoms with Gasteiger partial charge in [0.25, 0.3) is 0 Å². The molecule has 1 atom stereocenters. The van der Waals surface area contributed by atoms with E-state index in [9.17, 15) is 9.59 Å². The summed E-state index contributed by atoms with van der Waals surface area (Å²) in [5.74, 6) is -1.29. The van der Waals surface area contributed by atoms with Crippen LogP contribution in [0.2, 0.25) is 0 Å². The Morgan fingerprint density at radius 3 is 2.25 bits per heavy atom. The zero-order valence-electron chi connectivity index (χ0n) is 10.3. The molecule has 0 heterocycles. The van der Waals surface area contributed by atoms with Gasteiger partial charge in [0.2, 0.25) is 5.91 Å². The Balaban J connectivity index is 4.63. The number of rotatable bonds is 7. The highest BCUT2D eigenvalue weighted by molar-refractivity contribution is 5.83. The number of hydrogen-bond acceptors (Lipinski definition) is 3. The van der Waals surface area contributed by atoms with Crippen LogP contribution in [0.3, 0.4) is 0 Å². The quantitative estimate of drug-likeness (QED) is 0.668. The molecule has 5 heteroatoms. The lowest BCUT2D eigenvalue weighted by Crippen LogP contribution is -2.44. The van der Waals surface area contributed by atoms with Crippen molar-refractivity contribution < 1.29 is 14.7 Å². The number of carboxylic acid groups (broad SMARTS) is 1. The molecule has 0 saturated heterocycles. The predicted molar refractivity (Wildman–Crippen MR) is 61.9 cm³/mol. The standard InChI is InChI=1S/C11H22N2O3/c1-4-5-13(7-10(14)15)11(16)9(6-12)8(2)3/h8-9H,4-7,12H2,1-3H3,(H,14,15). The van der Waals surface area contributed by atoms with E-state index in [1.165, 1.54) is 4.90 Å². The molecule has 94 valence electrons. The van der Waals surface area contributed by atoms with E-state index >= 15 is 0 Å². The first-order valence-electron chi connectivity index (χ1n) is 5.64. The highest BCUT2D eigenvalue weighted by Gasteiger charge is 2.26. The van der Waals surface area contributed by atoms with Gasteiger partial charge in [0.05, 0.1) is 5.92 Å². The van der Waals surface area contributed by atoms with E-state index < -0.39 is 5.97 Å². The van der Waals surface area contributed by atoms with Crippen molar-refractivity contribution in [1.82, 2.24) is 4.90 Å². The molecule has 0 radical (unpaired) electrons. The Labute approximate surface area is 96.6 Å². The molecule has 0 aliphatic heterocycles. The molecular weight excluding hydrogens is 208 g/mol. The summed E-state index contributed by atoms with van der Waals surface area (Å²) in [6.45, 7) is 6.23. The minimum atomic E-state index is -0.985.